The standard InChI is InChI=1S/C13H25N3O2S2/c1-6-14-9-12-10(2)7-13(19-12)20(17,18)15-8-11(3)16(4)5/h7,11,14-15H,6,8-9H2,1-5H3. The topological polar surface area (TPSA) is 61.4 Å². The Morgan fingerprint density at radius 1 is 1.40 bits per heavy atom. The molecule has 1 aromatic heterocycles. The average Bonchev–Trinajstić information content (AvgIpc) is 2.75. The molecule has 0 saturated carbocycles. The summed E-state index contributed by atoms with van der Waals surface area (Å²) in [6.07, 6.45) is 0. The van der Waals surface area contributed by atoms with Crippen LogP contribution >= 0.6 is 11.3 Å². The van der Waals surface area contributed by atoms with Gasteiger partial charge in [0.15, 0.2) is 0 Å². The van der Waals surface area contributed by atoms with Crippen LogP contribution in [0.1, 0.15) is 24.3 Å². The summed E-state index contributed by atoms with van der Waals surface area (Å²) in [6.45, 7) is 7.97. The number of thiophene rings is 1. The molecule has 0 bridgehead atoms. The number of aryl methyl sites for hydroxylation is 1. The number of nitrogens with zero attached hydrogens (tertiary/aromatic N) is 1. The van der Waals surface area contributed by atoms with Gasteiger partial charge >= 0.3 is 0 Å². The first-order valence-corrected chi connectivity index (χ1v) is 9.04. The normalized spacial score (nSPS) is 13.9. The molecule has 0 aliphatic heterocycles. The molecule has 0 spiro atoms. The first kappa shape index (κ1) is 17.6. The van der Waals surface area contributed by atoms with Crippen molar-refractivity contribution in [2.75, 3.05) is 27.2 Å². The van der Waals surface area contributed by atoms with Crippen molar-refractivity contribution in [1.29, 1.82) is 0 Å². The Labute approximate surface area is 126 Å². The van der Waals surface area contributed by atoms with E-state index in [1.54, 1.807) is 6.07 Å². The molecule has 0 aromatic carbocycles. The smallest absolute Gasteiger partial charge is 0.250 e. The summed E-state index contributed by atoms with van der Waals surface area (Å²) in [5.74, 6) is 0. The molecule has 1 rings (SSSR count). The van der Waals surface area contributed by atoms with Gasteiger partial charge < -0.3 is 10.2 Å². The van der Waals surface area contributed by atoms with Crippen molar-refractivity contribution in [1.82, 2.24) is 14.9 Å². The maximum absolute atomic E-state index is 12.3. The minimum Gasteiger partial charge on any atom is -0.312 e. The van der Waals surface area contributed by atoms with Crippen LogP contribution < -0.4 is 10.0 Å². The lowest BCUT2D eigenvalue weighted by molar-refractivity contribution is 0.314. The van der Waals surface area contributed by atoms with Crippen LogP contribution in [-0.2, 0) is 16.6 Å². The van der Waals surface area contributed by atoms with Gasteiger partial charge in [-0.1, -0.05) is 6.92 Å². The molecule has 2 N–H and O–H groups in total. The van der Waals surface area contributed by atoms with Crippen LogP contribution in [0.3, 0.4) is 0 Å². The van der Waals surface area contributed by atoms with E-state index in [1.165, 1.54) is 11.3 Å². The molecular weight excluding hydrogens is 294 g/mol. The van der Waals surface area contributed by atoms with Gasteiger partial charge in [-0.2, -0.15) is 0 Å². The van der Waals surface area contributed by atoms with Crippen molar-refractivity contribution in [2.24, 2.45) is 0 Å². The van der Waals surface area contributed by atoms with Gasteiger partial charge in [0.1, 0.15) is 4.21 Å². The fourth-order valence-electron chi connectivity index (χ4n) is 1.52. The maximum atomic E-state index is 12.3. The highest BCUT2D eigenvalue weighted by Gasteiger charge is 2.19. The zero-order valence-electron chi connectivity index (χ0n) is 12.9. The van der Waals surface area contributed by atoms with E-state index in [9.17, 15) is 8.42 Å². The van der Waals surface area contributed by atoms with Crippen LogP contribution in [0.15, 0.2) is 10.3 Å². The Morgan fingerprint density at radius 3 is 2.60 bits per heavy atom. The monoisotopic (exact) mass is 319 g/mol. The number of sulfonamides is 1. The number of rotatable bonds is 8. The molecule has 1 heterocycles. The number of likely N-dealkylation sites (N-methyl/N-ethyl adjacent to an activating group) is 1. The molecule has 0 saturated heterocycles. The van der Waals surface area contributed by atoms with Crippen LogP contribution in [0.5, 0.6) is 0 Å². The van der Waals surface area contributed by atoms with E-state index in [-0.39, 0.29) is 6.04 Å². The molecule has 0 amide bonds. The molecular formula is C13H25N3O2S2. The largest absolute Gasteiger partial charge is 0.312 e. The Bertz CT molecular complexity index is 524. The Balaban J connectivity index is 2.77. The molecule has 5 nitrogen and oxygen atoms in total. The van der Waals surface area contributed by atoms with Crippen molar-refractivity contribution < 1.29 is 8.42 Å². The van der Waals surface area contributed by atoms with Crippen LogP contribution in [0, 0.1) is 6.92 Å². The summed E-state index contributed by atoms with van der Waals surface area (Å²) in [4.78, 5) is 3.06. The molecule has 1 aromatic rings. The summed E-state index contributed by atoms with van der Waals surface area (Å²) in [5, 5.41) is 3.22. The first-order chi connectivity index (χ1) is 9.27. The SMILES string of the molecule is CCNCc1sc(S(=O)(=O)NCC(C)N(C)C)cc1C. The molecule has 20 heavy (non-hydrogen) atoms. The van der Waals surface area contributed by atoms with Crippen molar-refractivity contribution >= 4 is 21.4 Å². The van der Waals surface area contributed by atoms with Gasteiger partial charge in [-0.05, 0) is 46.1 Å². The fourth-order valence-corrected chi connectivity index (χ4v) is 4.24. The Morgan fingerprint density at radius 2 is 2.05 bits per heavy atom. The van der Waals surface area contributed by atoms with E-state index in [0.29, 0.717) is 10.8 Å². The van der Waals surface area contributed by atoms with Gasteiger partial charge in [0, 0.05) is 24.0 Å². The summed E-state index contributed by atoms with van der Waals surface area (Å²) >= 11 is 1.34. The number of hydrogen-bond donors (Lipinski definition) is 2. The molecule has 0 radical (unpaired) electrons. The van der Waals surface area contributed by atoms with E-state index >= 15 is 0 Å². The van der Waals surface area contributed by atoms with Crippen molar-refractivity contribution in [2.45, 2.75) is 37.6 Å². The van der Waals surface area contributed by atoms with Gasteiger partial charge in [0.25, 0.3) is 0 Å². The minimum absolute atomic E-state index is 0.159. The Kier molecular flexibility index (Phi) is 6.60. The summed E-state index contributed by atoms with van der Waals surface area (Å²) < 4.78 is 27.6. The van der Waals surface area contributed by atoms with Gasteiger partial charge in [0.2, 0.25) is 10.0 Å². The van der Waals surface area contributed by atoms with Gasteiger partial charge in [-0.15, -0.1) is 11.3 Å². The van der Waals surface area contributed by atoms with Crippen molar-refractivity contribution in [3.8, 4) is 0 Å². The minimum atomic E-state index is -3.40. The maximum Gasteiger partial charge on any atom is 0.250 e. The first-order valence-electron chi connectivity index (χ1n) is 6.74. The molecule has 116 valence electrons. The predicted molar refractivity (Wildman–Crippen MR) is 84.8 cm³/mol. The van der Waals surface area contributed by atoms with E-state index in [0.717, 1.165) is 23.5 Å². The molecule has 0 fully saturated rings. The summed E-state index contributed by atoms with van der Waals surface area (Å²) in [5.41, 5.74) is 1.02. The van der Waals surface area contributed by atoms with Crippen LogP contribution in [-0.4, -0.2) is 46.5 Å². The third-order valence-electron chi connectivity index (χ3n) is 3.25. The summed E-state index contributed by atoms with van der Waals surface area (Å²) in [6, 6.07) is 1.91. The molecule has 1 unspecified atom stereocenters. The van der Waals surface area contributed by atoms with Gasteiger partial charge in [-0.25, -0.2) is 13.1 Å². The van der Waals surface area contributed by atoms with E-state index in [2.05, 4.69) is 10.0 Å². The molecule has 0 aliphatic rings. The lowest BCUT2D eigenvalue weighted by Crippen LogP contribution is -2.37. The van der Waals surface area contributed by atoms with Gasteiger partial charge in [0.05, 0.1) is 0 Å². The Hall–Kier alpha value is -0.470. The second kappa shape index (κ2) is 7.51. The third kappa shape index (κ3) is 4.82. The van der Waals surface area contributed by atoms with E-state index in [4.69, 9.17) is 0 Å². The molecule has 7 heteroatoms. The second-order valence-corrected chi connectivity index (χ2v) is 8.25. The third-order valence-corrected chi connectivity index (χ3v) is 6.38. The predicted octanol–water partition coefficient (Wildman–Crippen LogP) is 1.39. The van der Waals surface area contributed by atoms with Gasteiger partial charge in [-0.3, -0.25) is 0 Å². The van der Waals surface area contributed by atoms with Crippen molar-refractivity contribution in [3.63, 3.8) is 0 Å². The van der Waals surface area contributed by atoms with Crippen molar-refractivity contribution in [3.05, 3.63) is 16.5 Å². The fraction of sp³-hybridized carbons (Fsp3) is 0.692. The molecule has 0 aliphatic carbocycles. The van der Waals surface area contributed by atoms with E-state index in [1.807, 2.05) is 39.8 Å². The molecule has 1 atom stereocenters. The zero-order chi connectivity index (χ0) is 15.3. The van der Waals surface area contributed by atoms with Crippen LogP contribution in [0.25, 0.3) is 0 Å². The zero-order valence-corrected chi connectivity index (χ0v) is 14.5. The highest BCUT2D eigenvalue weighted by Crippen LogP contribution is 2.25. The number of hydrogen-bond acceptors (Lipinski definition) is 5. The van der Waals surface area contributed by atoms with E-state index < -0.39 is 10.0 Å². The quantitative estimate of drug-likeness (QED) is 0.760. The lowest BCUT2D eigenvalue weighted by atomic mass is 10.3. The highest BCUT2D eigenvalue weighted by molar-refractivity contribution is 7.91. The summed E-state index contributed by atoms with van der Waals surface area (Å²) in [7, 11) is 0.465. The number of nitrogens with one attached hydrogen (secondary N) is 2. The van der Waals surface area contributed by atoms with Crippen LogP contribution in [0.2, 0.25) is 0 Å². The van der Waals surface area contributed by atoms with Crippen LogP contribution in [0.4, 0.5) is 0 Å². The lowest BCUT2D eigenvalue weighted by Gasteiger charge is -2.19. The highest BCUT2D eigenvalue weighted by atomic mass is 32.2. The average molecular weight is 319 g/mol. The second-order valence-electron chi connectivity index (χ2n) is 5.12.